The second-order valence-corrected chi connectivity index (χ2v) is 5.87. The van der Waals surface area contributed by atoms with Gasteiger partial charge in [0.1, 0.15) is 11.9 Å². The summed E-state index contributed by atoms with van der Waals surface area (Å²) in [5.41, 5.74) is 2.15. The van der Waals surface area contributed by atoms with Crippen LogP contribution >= 0.6 is 0 Å². The average Bonchev–Trinajstić information content (AvgIpc) is 3.14. The third kappa shape index (κ3) is 2.47. The lowest BCUT2D eigenvalue weighted by atomic mass is 10.1. The highest BCUT2D eigenvalue weighted by Crippen LogP contribution is 2.27. The van der Waals surface area contributed by atoms with E-state index in [4.69, 9.17) is 0 Å². The summed E-state index contributed by atoms with van der Waals surface area (Å²) in [5.74, 6) is -0.318. The number of pyridine rings is 1. The zero-order chi connectivity index (χ0) is 16.7. The molecule has 1 saturated heterocycles. The van der Waals surface area contributed by atoms with Gasteiger partial charge in [0.25, 0.3) is 0 Å². The van der Waals surface area contributed by atoms with Crippen molar-refractivity contribution in [3.05, 3.63) is 48.7 Å². The third-order valence-corrected chi connectivity index (χ3v) is 4.24. The Labute approximate surface area is 137 Å². The molecule has 0 saturated carbocycles. The van der Waals surface area contributed by atoms with Crippen molar-refractivity contribution >= 4 is 28.2 Å². The third-order valence-electron chi connectivity index (χ3n) is 4.24. The van der Waals surface area contributed by atoms with E-state index in [0.717, 1.165) is 16.8 Å². The fourth-order valence-corrected chi connectivity index (χ4v) is 3.05. The maximum absolute atomic E-state index is 13.3. The largest absolute Gasteiger partial charge is 0.373 e. The summed E-state index contributed by atoms with van der Waals surface area (Å²) in [6.45, 7) is 0.639. The predicted molar refractivity (Wildman–Crippen MR) is 89.3 cm³/mol. The van der Waals surface area contributed by atoms with Crippen LogP contribution in [0.1, 0.15) is 6.42 Å². The maximum Gasteiger partial charge on any atom is 0.249 e. The first-order valence-corrected chi connectivity index (χ1v) is 7.72. The van der Waals surface area contributed by atoms with E-state index in [0.29, 0.717) is 18.5 Å². The van der Waals surface area contributed by atoms with Gasteiger partial charge in [-0.05, 0) is 24.6 Å². The molecule has 0 bridgehead atoms. The van der Waals surface area contributed by atoms with Crippen LogP contribution in [0, 0.1) is 5.82 Å². The molecule has 1 aliphatic heterocycles. The number of nitrogens with one attached hydrogen (secondary N) is 1. The van der Waals surface area contributed by atoms with E-state index in [1.54, 1.807) is 34.1 Å². The molecule has 2 aromatic heterocycles. The van der Waals surface area contributed by atoms with Gasteiger partial charge in [-0.15, -0.1) is 0 Å². The van der Waals surface area contributed by atoms with Crippen LogP contribution in [0.25, 0.3) is 10.9 Å². The summed E-state index contributed by atoms with van der Waals surface area (Å²) in [6.07, 6.45) is 5.82. The molecule has 1 atom stereocenters. The molecule has 1 amide bonds. The summed E-state index contributed by atoms with van der Waals surface area (Å²) >= 11 is 0. The van der Waals surface area contributed by atoms with E-state index < -0.39 is 0 Å². The Kier molecular flexibility index (Phi) is 3.41. The average molecular weight is 325 g/mol. The molecule has 6 nitrogen and oxygen atoms in total. The lowest BCUT2D eigenvalue weighted by Gasteiger charge is -2.16. The van der Waals surface area contributed by atoms with E-state index in [2.05, 4.69) is 15.4 Å². The minimum Gasteiger partial charge on any atom is -0.373 e. The number of aryl methyl sites for hydroxylation is 1. The zero-order valence-electron chi connectivity index (χ0n) is 13.1. The second kappa shape index (κ2) is 5.59. The van der Waals surface area contributed by atoms with Crippen molar-refractivity contribution < 1.29 is 9.18 Å². The van der Waals surface area contributed by atoms with Crippen LogP contribution in [0.5, 0.6) is 0 Å². The van der Waals surface area contributed by atoms with Gasteiger partial charge in [-0.1, -0.05) is 0 Å². The van der Waals surface area contributed by atoms with E-state index in [9.17, 15) is 9.18 Å². The minimum atomic E-state index is -0.327. The molecule has 3 aromatic rings. The standard InChI is InChI=1S/C17H16FN5O/c1-22-10-12(9-20-22)23-7-5-15(17(23)24)21-14-4-6-19-16-8-11(18)2-3-13(14)16/h2-4,6,8-10,15H,5,7H2,1H3,(H,19,21). The Bertz CT molecular complexity index is 922. The monoisotopic (exact) mass is 325 g/mol. The summed E-state index contributed by atoms with van der Waals surface area (Å²) in [7, 11) is 1.82. The van der Waals surface area contributed by atoms with Crippen LogP contribution in [0.3, 0.4) is 0 Å². The number of carbonyl (C=O) groups excluding carboxylic acids is 1. The summed E-state index contributed by atoms with van der Waals surface area (Å²) in [6, 6.07) is 5.95. The number of hydrogen-bond donors (Lipinski definition) is 1. The first-order valence-electron chi connectivity index (χ1n) is 7.72. The Hall–Kier alpha value is -2.96. The van der Waals surface area contributed by atoms with Crippen molar-refractivity contribution in [2.75, 3.05) is 16.8 Å². The Morgan fingerprint density at radius 3 is 3.00 bits per heavy atom. The molecule has 24 heavy (non-hydrogen) atoms. The van der Waals surface area contributed by atoms with E-state index >= 15 is 0 Å². The predicted octanol–water partition coefficient (Wildman–Crippen LogP) is 2.32. The molecule has 1 aromatic carbocycles. The van der Waals surface area contributed by atoms with Crippen molar-refractivity contribution in [2.45, 2.75) is 12.5 Å². The molecule has 1 unspecified atom stereocenters. The number of anilines is 2. The Morgan fingerprint density at radius 2 is 2.21 bits per heavy atom. The normalized spacial score (nSPS) is 17.7. The van der Waals surface area contributed by atoms with Crippen molar-refractivity contribution in [3.8, 4) is 0 Å². The molecule has 0 spiro atoms. The number of aromatic nitrogens is 3. The van der Waals surface area contributed by atoms with Gasteiger partial charge in [-0.2, -0.15) is 5.10 Å². The lowest BCUT2D eigenvalue weighted by Crippen LogP contribution is -2.33. The molecule has 1 fully saturated rings. The molecule has 122 valence electrons. The number of benzene rings is 1. The van der Waals surface area contributed by atoms with Gasteiger partial charge in [0, 0.05) is 43.1 Å². The molecule has 1 N–H and O–H groups in total. The highest BCUT2D eigenvalue weighted by Gasteiger charge is 2.33. The number of rotatable bonds is 3. The number of hydrogen-bond acceptors (Lipinski definition) is 4. The van der Waals surface area contributed by atoms with Gasteiger partial charge in [0.15, 0.2) is 0 Å². The summed E-state index contributed by atoms with van der Waals surface area (Å²) < 4.78 is 15.0. The van der Waals surface area contributed by atoms with Gasteiger partial charge in [-0.25, -0.2) is 4.39 Å². The number of amides is 1. The van der Waals surface area contributed by atoms with E-state index in [1.165, 1.54) is 12.1 Å². The van der Waals surface area contributed by atoms with Crippen LogP contribution in [-0.4, -0.2) is 33.3 Å². The smallest absolute Gasteiger partial charge is 0.249 e. The molecule has 3 heterocycles. The van der Waals surface area contributed by atoms with Crippen molar-refractivity contribution in [1.82, 2.24) is 14.8 Å². The highest BCUT2D eigenvalue weighted by atomic mass is 19.1. The zero-order valence-corrected chi connectivity index (χ0v) is 13.1. The van der Waals surface area contributed by atoms with Crippen LogP contribution in [-0.2, 0) is 11.8 Å². The van der Waals surface area contributed by atoms with Gasteiger partial charge in [0.2, 0.25) is 5.91 Å². The number of halogens is 1. The van der Waals surface area contributed by atoms with Crippen LogP contribution in [0.2, 0.25) is 0 Å². The van der Waals surface area contributed by atoms with Crippen molar-refractivity contribution in [3.63, 3.8) is 0 Å². The van der Waals surface area contributed by atoms with E-state index in [1.807, 2.05) is 13.2 Å². The number of fused-ring (bicyclic) bond motifs is 1. The first kappa shape index (κ1) is 14.6. The lowest BCUT2D eigenvalue weighted by molar-refractivity contribution is -0.117. The van der Waals surface area contributed by atoms with Crippen LogP contribution in [0.15, 0.2) is 42.9 Å². The molecular weight excluding hydrogens is 309 g/mol. The number of carbonyl (C=O) groups is 1. The first-order chi connectivity index (χ1) is 11.6. The van der Waals surface area contributed by atoms with E-state index in [-0.39, 0.29) is 17.8 Å². The SMILES string of the molecule is Cn1cc(N2CCC(Nc3ccnc4cc(F)ccc34)C2=O)cn1. The summed E-state index contributed by atoms with van der Waals surface area (Å²) in [5, 5.41) is 8.19. The molecule has 1 aliphatic rings. The summed E-state index contributed by atoms with van der Waals surface area (Å²) in [4.78, 5) is 18.6. The topological polar surface area (TPSA) is 63.1 Å². The minimum absolute atomic E-state index is 0.00933. The fourth-order valence-electron chi connectivity index (χ4n) is 3.05. The number of nitrogens with zero attached hydrogens (tertiary/aromatic N) is 4. The molecule has 7 heteroatoms. The second-order valence-electron chi connectivity index (χ2n) is 5.87. The van der Waals surface area contributed by atoms with Crippen LogP contribution in [0.4, 0.5) is 15.8 Å². The van der Waals surface area contributed by atoms with Crippen molar-refractivity contribution in [1.29, 1.82) is 0 Å². The molecular formula is C17H16FN5O. The fraction of sp³-hybridized carbons (Fsp3) is 0.235. The molecule has 0 aliphatic carbocycles. The van der Waals surface area contributed by atoms with Gasteiger partial charge < -0.3 is 10.2 Å². The Morgan fingerprint density at radius 1 is 1.33 bits per heavy atom. The van der Waals surface area contributed by atoms with Gasteiger partial charge in [-0.3, -0.25) is 14.5 Å². The molecule has 0 radical (unpaired) electrons. The maximum atomic E-state index is 13.3. The highest BCUT2D eigenvalue weighted by molar-refractivity contribution is 6.02. The van der Waals surface area contributed by atoms with Crippen molar-refractivity contribution in [2.24, 2.45) is 7.05 Å². The molecule has 4 rings (SSSR count). The van der Waals surface area contributed by atoms with Gasteiger partial charge in [0.05, 0.1) is 17.4 Å². The van der Waals surface area contributed by atoms with Gasteiger partial charge >= 0.3 is 0 Å². The van der Waals surface area contributed by atoms with Crippen LogP contribution < -0.4 is 10.2 Å². The Balaban J connectivity index is 1.59. The quantitative estimate of drug-likeness (QED) is 0.803.